The van der Waals surface area contributed by atoms with Crippen LogP contribution in [-0.4, -0.2) is 12.1 Å². The van der Waals surface area contributed by atoms with Crippen molar-refractivity contribution in [2.75, 3.05) is 0 Å². The fourth-order valence-electron chi connectivity index (χ4n) is 2.37. The Labute approximate surface area is 73.3 Å². The van der Waals surface area contributed by atoms with Crippen molar-refractivity contribution in [2.24, 2.45) is 5.92 Å². The van der Waals surface area contributed by atoms with Gasteiger partial charge < -0.3 is 4.74 Å². The van der Waals surface area contributed by atoms with Crippen LogP contribution in [-0.2, 0) is 9.53 Å². The van der Waals surface area contributed by atoms with Crippen molar-refractivity contribution in [3.63, 3.8) is 0 Å². The van der Waals surface area contributed by atoms with Crippen LogP contribution in [0.5, 0.6) is 0 Å². The SMILES string of the molecule is O=C1CC[C@@H]2CCCCC[C@@H]2O1. The lowest BCUT2D eigenvalue weighted by atomic mass is 9.90. The Kier molecular flexibility index (Phi) is 2.33. The third-order valence-corrected chi connectivity index (χ3v) is 3.09. The summed E-state index contributed by atoms with van der Waals surface area (Å²) >= 11 is 0. The highest BCUT2D eigenvalue weighted by atomic mass is 16.5. The van der Waals surface area contributed by atoms with Crippen molar-refractivity contribution >= 4 is 5.97 Å². The van der Waals surface area contributed by atoms with Gasteiger partial charge >= 0.3 is 5.97 Å². The van der Waals surface area contributed by atoms with Crippen LogP contribution in [0.25, 0.3) is 0 Å². The van der Waals surface area contributed by atoms with Gasteiger partial charge in [-0.2, -0.15) is 0 Å². The van der Waals surface area contributed by atoms with Crippen LogP contribution in [0.2, 0.25) is 0 Å². The summed E-state index contributed by atoms with van der Waals surface area (Å²) in [5.41, 5.74) is 0. The summed E-state index contributed by atoms with van der Waals surface area (Å²) in [6.45, 7) is 0. The molecule has 1 heterocycles. The highest BCUT2D eigenvalue weighted by molar-refractivity contribution is 5.70. The van der Waals surface area contributed by atoms with Crippen LogP contribution in [0.1, 0.15) is 44.9 Å². The van der Waals surface area contributed by atoms with Crippen molar-refractivity contribution < 1.29 is 9.53 Å². The molecule has 0 unspecified atom stereocenters. The number of rotatable bonds is 0. The average Bonchev–Trinajstić information content (AvgIpc) is 2.28. The van der Waals surface area contributed by atoms with E-state index >= 15 is 0 Å². The van der Waals surface area contributed by atoms with Crippen molar-refractivity contribution in [1.82, 2.24) is 0 Å². The van der Waals surface area contributed by atoms with Crippen LogP contribution in [0.3, 0.4) is 0 Å². The molecule has 2 nitrogen and oxygen atoms in total. The van der Waals surface area contributed by atoms with E-state index in [2.05, 4.69) is 0 Å². The number of hydrogen-bond acceptors (Lipinski definition) is 2. The van der Waals surface area contributed by atoms with E-state index in [-0.39, 0.29) is 12.1 Å². The molecule has 68 valence electrons. The highest BCUT2D eigenvalue weighted by Crippen LogP contribution is 2.32. The van der Waals surface area contributed by atoms with Gasteiger partial charge in [0, 0.05) is 6.42 Å². The number of ether oxygens (including phenoxy) is 1. The van der Waals surface area contributed by atoms with Gasteiger partial charge in [-0.1, -0.05) is 12.8 Å². The van der Waals surface area contributed by atoms with E-state index < -0.39 is 0 Å². The molecule has 1 saturated heterocycles. The molecule has 0 radical (unpaired) electrons. The summed E-state index contributed by atoms with van der Waals surface area (Å²) in [5.74, 6) is 0.711. The van der Waals surface area contributed by atoms with Crippen LogP contribution in [0, 0.1) is 5.92 Å². The Bertz CT molecular complexity index is 177. The Morgan fingerprint density at radius 3 is 2.83 bits per heavy atom. The summed E-state index contributed by atoms with van der Waals surface area (Å²) in [5, 5.41) is 0. The molecule has 2 heteroatoms. The minimum atomic E-state index is 0.0261. The second kappa shape index (κ2) is 3.46. The van der Waals surface area contributed by atoms with Crippen LogP contribution >= 0.6 is 0 Å². The lowest BCUT2D eigenvalue weighted by molar-refractivity contribution is -0.158. The largest absolute Gasteiger partial charge is 0.462 e. The molecular weight excluding hydrogens is 152 g/mol. The molecule has 2 atom stereocenters. The average molecular weight is 168 g/mol. The van der Waals surface area contributed by atoms with Gasteiger partial charge in [0.2, 0.25) is 0 Å². The van der Waals surface area contributed by atoms with Gasteiger partial charge in [-0.15, -0.1) is 0 Å². The Hall–Kier alpha value is -0.530. The lowest BCUT2D eigenvalue weighted by Crippen LogP contribution is -2.31. The topological polar surface area (TPSA) is 26.3 Å². The summed E-state index contributed by atoms with van der Waals surface area (Å²) in [6.07, 6.45) is 8.28. The first kappa shape index (κ1) is 8.09. The van der Waals surface area contributed by atoms with Crippen molar-refractivity contribution in [3.8, 4) is 0 Å². The van der Waals surface area contributed by atoms with E-state index in [4.69, 9.17) is 4.74 Å². The summed E-state index contributed by atoms with van der Waals surface area (Å²) < 4.78 is 5.33. The molecule has 0 N–H and O–H groups in total. The van der Waals surface area contributed by atoms with Gasteiger partial charge in [-0.05, 0) is 31.6 Å². The Morgan fingerprint density at radius 2 is 1.92 bits per heavy atom. The van der Waals surface area contributed by atoms with Crippen LogP contribution < -0.4 is 0 Å². The third-order valence-electron chi connectivity index (χ3n) is 3.09. The first-order valence-corrected chi connectivity index (χ1v) is 5.06. The predicted molar refractivity (Wildman–Crippen MR) is 45.7 cm³/mol. The van der Waals surface area contributed by atoms with Gasteiger partial charge in [0.15, 0.2) is 0 Å². The van der Waals surface area contributed by atoms with E-state index in [0.717, 1.165) is 12.8 Å². The molecule has 0 aromatic carbocycles. The maximum absolute atomic E-state index is 11.0. The number of esters is 1. The summed E-state index contributed by atoms with van der Waals surface area (Å²) in [4.78, 5) is 11.0. The molecule has 0 aromatic rings. The molecule has 0 amide bonds. The highest BCUT2D eigenvalue weighted by Gasteiger charge is 2.31. The van der Waals surface area contributed by atoms with Gasteiger partial charge in [0.25, 0.3) is 0 Å². The van der Waals surface area contributed by atoms with E-state index in [0.29, 0.717) is 12.3 Å². The third kappa shape index (κ3) is 1.62. The fourth-order valence-corrected chi connectivity index (χ4v) is 2.37. The standard InChI is InChI=1S/C10H16O2/c11-10-7-6-8-4-2-1-3-5-9(8)12-10/h8-9H,1-7H2/t8-,9-/m0/s1. The first-order chi connectivity index (χ1) is 5.86. The van der Waals surface area contributed by atoms with Gasteiger partial charge in [-0.3, -0.25) is 4.79 Å². The van der Waals surface area contributed by atoms with Gasteiger partial charge in [0.1, 0.15) is 6.10 Å². The molecule has 1 aliphatic heterocycles. The van der Waals surface area contributed by atoms with Crippen LogP contribution in [0.4, 0.5) is 0 Å². The Morgan fingerprint density at radius 1 is 1.08 bits per heavy atom. The van der Waals surface area contributed by atoms with E-state index in [1.807, 2.05) is 0 Å². The molecule has 0 bridgehead atoms. The normalized spacial score (nSPS) is 36.5. The molecule has 0 aromatic heterocycles. The monoisotopic (exact) mass is 168 g/mol. The maximum Gasteiger partial charge on any atom is 0.306 e. The lowest BCUT2D eigenvalue weighted by Gasteiger charge is -2.29. The smallest absolute Gasteiger partial charge is 0.306 e. The minimum absolute atomic E-state index is 0.0261. The number of hydrogen-bond donors (Lipinski definition) is 0. The molecule has 0 spiro atoms. The molecule has 2 aliphatic rings. The minimum Gasteiger partial charge on any atom is -0.462 e. The zero-order valence-electron chi connectivity index (χ0n) is 7.42. The zero-order chi connectivity index (χ0) is 8.39. The number of carbonyl (C=O) groups is 1. The number of fused-ring (bicyclic) bond motifs is 1. The summed E-state index contributed by atoms with van der Waals surface area (Å²) in [7, 11) is 0. The second-order valence-corrected chi connectivity index (χ2v) is 3.97. The molecule has 2 rings (SSSR count). The number of carbonyl (C=O) groups excluding carboxylic acids is 1. The predicted octanol–water partition coefficient (Wildman–Crippen LogP) is 2.27. The van der Waals surface area contributed by atoms with Crippen LogP contribution in [0.15, 0.2) is 0 Å². The molecular formula is C10H16O2. The Balaban J connectivity index is 1.99. The summed E-state index contributed by atoms with van der Waals surface area (Å²) in [6, 6.07) is 0. The molecule has 12 heavy (non-hydrogen) atoms. The second-order valence-electron chi connectivity index (χ2n) is 3.97. The van der Waals surface area contributed by atoms with Crippen molar-refractivity contribution in [2.45, 2.75) is 51.0 Å². The van der Waals surface area contributed by atoms with Crippen molar-refractivity contribution in [1.29, 1.82) is 0 Å². The molecule has 1 aliphatic carbocycles. The fraction of sp³-hybridized carbons (Fsp3) is 0.900. The van der Waals surface area contributed by atoms with Gasteiger partial charge in [0.05, 0.1) is 0 Å². The van der Waals surface area contributed by atoms with E-state index in [9.17, 15) is 4.79 Å². The van der Waals surface area contributed by atoms with Gasteiger partial charge in [-0.25, -0.2) is 0 Å². The molecule has 1 saturated carbocycles. The van der Waals surface area contributed by atoms with E-state index in [1.54, 1.807) is 0 Å². The zero-order valence-corrected chi connectivity index (χ0v) is 7.42. The van der Waals surface area contributed by atoms with E-state index in [1.165, 1.54) is 25.7 Å². The maximum atomic E-state index is 11.0. The first-order valence-electron chi connectivity index (χ1n) is 5.06. The van der Waals surface area contributed by atoms with Crippen molar-refractivity contribution in [3.05, 3.63) is 0 Å². The molecule has 2 fully saturated rings. The quantitative estimate of drug-likeness (QED) is 0.519.